The second-order valence-corrected chi connectivity index (χ2v) is 6.16. The number of imide groups is 1. The van der Waals surface area contributed by atoms with Gasteiger partial charge in [0.05, 0.1) is 16.1 Å². The van der Waals surface area contributed by atoms with Gasteiger partial charge in [-0.3, -0.25) is 29.4 Å². The molecule has 1 N–H and O–H groups in total. The normalized spacial score (nSPS) is 12.9. The Bertz CT molecular complexity index is 928. The fourth-order valence-electron chi connectivity index (χ4n) is 2.45. The predicted octanol–water partition coefficient (Wildman–Crippen LogP) is 2.59. The molecular formula is C16H10BrN3O5. The van der Waals surface area contributed by atoms with Crippen LogP contribution in [0.2, 0.25) is 0 Å². The summed E-state index contributed by atoms with van der Waals surface area (Å²) in [6.45, 7) is -0.480. The third kappa shape index (κ3) is 3.26. The molecule has 0 bridgehead atoms. The number of amides is 3. The molecule has 2 aromatic rings. The molecule has 2 aromatic carbocycles. The first-order chi connectivity index (χ1) is 11.9. The Labute approximate surface area is 149 Å². The van der Waals surface area contributed by atoms with Crippen LogP contribution in [0.25, 0.3) is 0 Å². The quantitative estimate of drug-likeness (QED) is 0.479. The lowest BCUT2D eigenvalue weighted by Gasteiger charge is -2.13. The molecule has 25 heavy (non-hydrogen) atoms. The molecule has 0 aromatic heterocycles. The van der Waals surface area contributed by atoms with Crippen LogP contribution in [0.15, 0.2) is 46.9 Å². The van der Waals surface area contributed by atoms with Crippen molar-refractivity contribution >= 4 is 45.0 Å². The summed E-state index contributed by atoms with van der Waals surface area (Å²) in [7, 11) is 0. The van der Waals surface area contributed by atoms with Crippen molar-refractivity contribution in [1.82, 2.24) is 4.90 Å². The van der Waals surface area contributed by atoms with Gasteiger partial charge in [0.25, 0.3) is 17.5 Å². The first kappa shape index (κ1) is 16.8. The number of rotatable bonds is 4. The minimum atomic E-state index is -0.630. The number of anilines is 1. The van der Waals surface area contributed by atoms with Crippen LogP contribution in [0.5, 0.6) is 0 Å². The molecule has 0 fully saturated rings. The van der Waals surface area contributed by atoms with Crippen LogP contribution < -0.4 is 5.32 Å². The fourth-order valence-corrected chi connectivity index (χ4v) is 2.81. The van der Waals surface area contributed by atoms with Crippen LogP contribution in [0.3, 0.4) is 0 Å². The van der Waals surface area contributed by atoms with E-state index in [1.807, 2.05) is 0 Å². The van der Waals surface area contributed by atoms with Crippen LogP contribution >= 0.6 is 15.9 Å². The smallest absolute Gasteiger partial charge is 0.271 e. The monoisotopic (exact) mass is 403 g/mol. The van der Waals surface area contributed by atoms with E-state index in [0.717, 1.165) is 4.90 Å². The first-order valence-corrected chi connectivity index (χ1v) is 7.86. The van der Waals surface area contributed by atoms with Gasteiger partial charge in [0.15, 0.2) is 0 Å². The second-order valence-electron chi connectivity index (χ2n) is 5.24. The Morgan fingerprint density at radius 2 is 1.84 bits per heavy atom. The summed E-state index contributed by atoms with van der Waals surface area (Å²) >= 11 is 3.23. The number of nitrogens with zero attached hydrogens (tertiary/aromatic N) is 2. The number of carbonyl (C=O) groups is 3. The van der Waals surface area contributed by atoms with Gasteiger partial charge in [-0.05, 0) is 24.3 Å². The summed E-state index contributed by atoms with van der Waals surface area (Å²) < 4.78 is 0.648. The number of benzene rings is 2. The lowest BCUT2D eigenvalue weighted by Crippen LogP contribution is -2.37. The highest BCUT2D eigenvalue weighted by Gasteiger charge is 2.36. The lowest BCUT2D eigenvalue weighted by molar-refractivity contribution is -0.384. The van der Waals surface area contributed by atoms with Gasteiger partial charge in [0, 0.05) is 22.3 Å². The van der Waals surface area contributed by atoms with Crippen molar-refractivity contribution in [2.75, 3.05) is 11.9 Å². The van der Waals surface area contributed by atoms with Crippen molar-refractivity contribution in [1.29, 1.82) is 0 Å². The van der Waals surface area contributed by atoms with E-state index in [0.29, 0.717) is 4.47 Å². The fraction of sp³-hybridized carbons (Fsp3) is 0.0625. The summed E-state index contributed by atoms with van der Waals surface area (Å²) in [4.78, 5) is 47.7. The first-order valence-electron chi connectivity index (χ1n) is 7.07. The van der Waals surface area contributed by atoms with E-state index in [2.05, 4.69) is 21.2 Å². The number of nitro benzene ring substituents is 1. The van der Waals surface area contributed by atoms with E-state index < -0.39 is 29.2 Å². The van der Waals surface area contributed by atoms with E-state index in [1.54, 1.807) is 6.07 Å². The van der Waals surface area contributed by atoms with E-state index >= 15 is 0 Å². The highest BCUT2D eigenvalue weighted by molar-refractivity contribution is 9.10. The number of non-ortho nitro benzene ring substituents is 1. The topological polar surface area (TPSA) is 110 Å². The van der Waals surface area contributed by atoms with E-state index in [1.165, 1.54) is 36.4 Å². The maximum absolute atomic E-state index is 12.3. The Hall–Kier alpha value is -3.07. The number of hydrogen-bond donors (Lipinski definition) is 1. The Morgan fingerprint density at radius 3 is 2.56 bits per heavy atom. The van der Waals surface area contributed by atoms with Gasteiger partial charge in [-0.15, -0.1) is 0 Å². The van der Waals surface area contributed by atoms with Crippen LogP contribution in [-0.2, 0) is 4.79 Å². The van der Waals surface area contributed by atoms with Crippen molar-refractivity contribution in [2.45, 2.75) is 0 Å². The SMILES string of the molecule is O=C(CN1C(=O)c2ccc(Br)cc2C1=O)Nc1cccc([N+](=O)[O-])c1. The van der Waals surface area contributed by atoms with Gasteiger partial charge in [-0.25, -0.2) is 0 Å². The number of nitro groups is 1. The molecule has 3 rings (SSSR count). The molecule has 0 aliphatic carbocycles. The molecule has 0 spiro atoms. The summed E-state index contributed by atoms with van der Waals surface area (Å²) in [6, 6.07) is 10.1. The average molecular weight is 404 g/mol. The zero-order valence-electron chi connectivity index (χ0n) is 12.6. The minimum Gasteiger partial charge on any atom is -0.324 e. The summed E-state index contributed by atoms with van der Waals surface area (Å²) in [6.07, 6.45) is 0. The lowest BCUT2D eigenvalue weighted by atomic mass is 10.1. The molecule has 3 amide bonds. The maximum atomic E-state index is 12.3. The average Bonchev–Trinajstić information content (AvgIpc) is 2.79. The molecule has 0 atom stereocenters. The molecule has 0 saturated heterocycles. The largest absolute Gasteiger partial charge is 0.324 e. The Kier molecular flexibility index (Phi) is 4.32. The van der Waals surface area contributed by atoms with Crippen molar-refractivity contribution < 1.29 is 19.3 Å². The number of carbonyl (C=O) groups excluding carboxylic acids is 3. The third-order valence-corrected chi connectivity index (χ3v) is 4.07. The standard InChI is InChI=1S/C16H10BrN3O5/c17-9-4-5-12-13(6-9)16(23)19(15(12)22)8-14(21)18-10-2-1-3-11(7-10)20(24)25/h1-7H,8H2,(H,18,21). The van der Waals surface area contributed by atoms with E-state index in [-0.39, 0.29) is 22.5 Å². The minimum absolute atomic E-state index is 0.177. The van der Waals surface area contributed by atoms with Gasteiger partial charge >= 0.3 is 0 Å². The summed E-state index contributed by atoms with van der Waals surface area (Å²) in [5.41, 5.74) is 0.487. The van der Waals surface area contributed by atoms with Crippen molar-refractivity contribution in [3.8, 4) is 0 Å². The zero-order valence-corrected chi connectivity index (χ0v) is 14.1. The molecule has 1 aliphatic rings. The van der Waals surface area contributed by atoms with Crippen molar-refractivity contribution in [2.24, 2.45) is 0 Å². The number of hydrogen-bond acceptors (Lipinski definition) is 5. The van der Waals surface area contributed by atoms with Crippen LogP contribution in [0, 0.1) is 10.1 Å². The summed E-state index contributed by atoms with van der Waals surface area (Å²) in [5, 5.41) is 13.2. The van der Waals surface area contributed by atoms with Gasteiger partial charge in [0.2, 0.25) is 5.91 Å². The highest BCUT2D eigenvalue weighted by atomic mass is 79.9. The van der Waals surface area contributed by atoms with Crippen LogP contribution in [0.1, 0.15) is 20.7 Å². The van der Waals surface area contributed by atoms with Crippen LogP contribution in [-0.4, -0.2) is 34.1 Å². The van der Waals surface area contributed by atoms with Gasteiger partial charge < -0.3 is 5.32 Å². The Balaban J connectivity index is 1.74. The molecular weight excluding hydrogens is 394 g/mol. The molecule has 0 unspecified atom stereocenters. The maximum Gasteiger partial charge on any atom is 0.271 e. The van der Waals surface area contributed by atoms with Crippen LogP contribution in [0.4, 0.5) is 11.4 Å². The predicted molar refractivity (Wildman–Crippen MR) is 91.2 cm³/mol. The molecule has 8 nitrogen and oxygen atoms in total. The highest BCUT2D eigenvalue weighted by Crippen LogP contribution is 2.26. The molecule has 1 heterocycles. The third-order valence-electron chi connectivity index (χ3n) is 3.58. The van der Waals surface area contributed by atoms with Crippen molar-refractivity contribution in [3.63, 3.8) is 0 Å². The Morgan fingerprint density at radius 1 is 1.12 bits per heavy atom. The molecule has 126 valence electrons. The molecule has 9 heteroatoms. The number of fused-ring (bicyclic) bond motifs is 1. The zero-order chi connectivity index (χ0) is 18.1. The van der Waals surface area contributed by atoms with E-state index in [9.17, 15) is 24.5 Å². The van der Waals surface area contributed by atoms with Crippen molar-refractivity contribution in [3.05, 3.63) is 68.2 Å². The van der Waals surface area contributed by atoms with Gasteiger partial charge in [0.1, 0.15) is 6.54 Å². The molecule has 1 aliphatic heterocycles. The molecule has 0 saturated carbocycles. The van der Waals surface area contributed by atoms with Gasteiger partial charge in [-0.2, -0.15) is 0 Å². The van der Waals surface area contributed by atoms with Gasteiger partial charge in [-0.1, -0.05) is 22.0 Å². The van der Waals surface area contributed by atoms with E-state index in [4.69, 9.17) is 0 Å². The second kappa shape index (κ2) is 6.44. The number of halogens is 1. The molecule has 0 radical (unpaired) electrons. The number of nitrogens with one attached hydrogen (secondary N) is 1. The summed E-state index contributed by atoms with van der Waals surface area (Å²) in [5.74, 6) is -1.74.